The zero-order valence-electron chi connectivity index (χ0n) is 7.62. The number of hydrogen-bond acceptors (Lipinski definition) is 0. The summed E-state index contributed by atoms with van der Waals surface area (Å²) in [7, 11) is 0. The van der Waals surface area contributed by atoms with Crippen LogP contribution in [0.3, 0.4) is 0 Å². The van der Waals surface area contributed by atoms with Gasteiger partial charge in [-0.1, -0.05) is 12.0 Å². The third-order valence-electron chi connectivity index (χ3n) is 2.31. The zero-order valence-corrected chi connectivity index (χ0v) is 7.62. The molecule has 2 aromatic rings. The van der Waals surface area contributed by atoms with Crippen molar-refractivity contribution in [1.29, 1.82) is 0 Å². The third kappa shape index (κ3) is 1.11. The van der Waals surface area contributed by atoms with Gasteiger partial charge in [0.1, 0.15) is 0 Å². The summed E-state index contributed by atoms with van der Waals surface area (Å²) in [4.78, 5) is 0. The van der Waals surface area contributed by atoms with Gasteiger partial charge in [0.15, 0.2) is 0 Å². The summed E-state index contributed by atoms with van der Waals surface area (Å²) in [6.45, 7) is 3.11. The van der Waals surface area contributed by atoms with Crippen LogP contribution in [0, 0.1) is 12.3 Å². The van der Waals surface area contributed by atoms with E-state index in [1.807, 2.05) is 12.1 Å². The van der Waals surface area contributed by atoms with Crippen molar-refractivity contribution in [2.75, 3.05) is 0 Å². The highest BCUT2D eigenvalue weighted by Gasteiger charge is 2.01. The van der Waals surface area contributed by atoms with Crippen molar-refractivity contribution in [1.82, 2.24) is 4.57 Å². The van der Waals surface area contributed by atoms with Crippen LogP contribution in [0.15, 0.2) is 30.5 Å². The Morgan fingerprint density at radius 2 is 2.23 bits per heavy atom. The molecular weight excluding hydrogens is 158 g/mol. The summed E-state index contributed by atoms with van der Waals surface area (Å²) < 4.78 is 2.19. The van der Waals surface area contributed by atoms with Crippen LogP contribution in [-0.4, -0.2) is 4.57 Å². The molecule has 0 aliphatic heterocycles. The van der Waals surface area contributed by atoms with Crippen LogP contribution in [0.2, 0.25) is 0 Å². The molecule has 0 unspecified atom stereocenters. The van der Waals surface area contributed by atoms with Crippen LogP contribution in [0.4, 0.5) is 0 Å². The Labute approximate surface area is 78.0 Å². The Morgan fingerprint density at radius 1 is 1.38 bits per heavy atom. The van der Waals surface area contributed by atoms with Crippen molar-refractivity contribution in [3.8, 4) is 12.3 Å². The van der Waals surface area contributed by atoms with Gasteiger partial charge >= 0.3 is 0 Å². The van der Waals surface area contributed by atoms with E-state index in [-0.39, 0.29) is 0 Å². The molecule has 0 aliphatic rings. The smallest absolute Gasteiger partial charge is 0.0492 e. The van der Waals surface area contributed by atoms with E-state index in [0.717, 1.165) is 12.1 Å². The highest BCUT2D eigenvalue weighted by Crippen LogP contribution is 2.19. The van der Waals surface area contributed by atoms with E-state index >= 15 is 0 Å². The van der Waals surface area contributed by atoms with Crippen molar-refractivity contribution >= 4 is 10.9 Å². The fraction of sp³-hybridized carbons (Fsp3) is 0.167. The van der Waals surface area contributed by atoms with Crippen LogP contribution in [-0.2, 0) is 6.54 Å². The monoisotopic (exact) mass is 169 g/mol. The van der Waals surface area contributed by atoms with Crippen molar-refractivity contribution < 1.29 is 0 Å². The molecule has 0 saturated carbocycles. The number of aromatic nitrogens is 1. The van der Waals surface area contributed by atoms with E-state index in [4.69, 9.17) is 6.42 Å². The highest BCUT2D eigenvalue weighted by molar-refractivity contribution is 5.86. The molecule has 1 aromatic carbocycles. The number of nitrogens with zero attached hydrogens (tertiary/aromatic N) is 1. The number of rotatable bonds is 1. The van der Waals surface area contributed by atoms with Gasteiger partial charge in [-0.05, 0) is 25.1 Å². The Kier molecular flexibility index (Phi) is 1.83. The highest BCUT2D eigenvalue weighted by atomic mass is 14.9. The topological polar surface area (TPSA) is 4.93 Å². The molecule has 0 N–H and O–H groups in total. The number of hydrogen-bond donors (Lipinski definition) is 0. The second kappa shape index (κ2) is 2.99. The van der Waals surface area contributed by atoms with Gasteiger partial charge in [0.25, 0.3) is 0 Å². The van der Waals surface area contributed by atoms with Gasteiger partial charge in [-0.2, -0.15) is 0 Å². The molecule has 0 aliphatic carbocycles. The molecule has 13 heavy (non-hydrogen) atoms. The Bertz CT molecular complexity index is 471. The summed E-state index contributed by atoms with van der Waals surface area (Å²) in [6.07, 6.45) is 7.48. The maximum atomic E-state index is 5.41. The van der Waals surface area contributed by atoms with Crippen LogP contribution in [0.25, 0.3) is 10.9 Å². The van der Waals surface area contributed by atoms with Gasteiger partial charge in [0.05, 0.1) is 0 Å². The fourth-order valence-corrected chi connectivity index (χ4v) is 1.63. The molecule has 0 radical (unpaired) electrons. The molecule has 1 aromatic heterocycles. The zero-order chi connectivity index (χ0) is 9.26. The molecule has 0 amide bonds. The molecular formula is C12H11N. The normalized spacial score (nSPS) is 10.2. The van der Waals surface area contributed by atoms with E-state index in [0.29, 0.717) is 0 Å². The largest absolute Gasteiger partial charge is 0.348 e. The SMILES string of the molecule is C#Cc1cccc2c1ccn2CC. The summed E-state index contributed by atoms with van der Waals surface area (Å²) in [5, 5.41) is 1.17. The first-order valence-corrected chi connectivity index (χ1v) is 4.41. The van der Waals surface area contributed by atoms with Crippen molar-refractivity contribution in [2.24, 2.45) is 0 Å². The second-order valence-corrected chi connectivity index (χ2v) is 2.98. The number of fused-ring (bicyclic) bond motifs is 1. The average molecular weight is 169 g/mol. The van der Waals surface area contributed by atoms with Crippen molar-refractivity contribution in [3.05, 3.63) is 36.0 Å². The minimum absolute atomic E-state index is 0.977. The molecule has 1 heterocycles. The minimum Gasteiger partial charge on any atom is -0.348 e. The molecule has 1 nitrogen and oxygen atoms in total. The van der Waals surface area contributed by atoms with E-state index in [1.165, 1.54) is 10.9 Å². The second-order valence-electron chi connectivity index (χ2n) is 2.98. The first kappa shape index (κ1) is 7.94. The first-order chi connectivity index (χ1) is 6.36. The lowest BCUT2D eigenvalue weighted by atomic mass is 10.1. The first-order valence-electron chi connectivity index (χ1n) is 4.41. The lowest BCUT2D eigenvalue weighted by molar-refractivity contribution is 0.797. The number of aryl methyl sites for hydroxylation is 1. The van der Waals surface area contributed by atoms with E-state index < -0.39 is 0 Å². The van der Waals surface area contributed by atoms with E-state index in [1.54, 1.807) is 0 Å². The summed E-state index contributed by atoms with van der Waals surface area (Å²) in [6, 6.07) is 8.15. The van der Waals surface area contributed by atoms with Gasteiger partial charge in [-0.15, -0.1) is 6.42 Å². The predicted octanol–water partition coefficient (Wildman–Crippen LogP) is 2.64. The van der Waals surface area contributed by atoms with E-state index in [9.17, 15) is 0 Å². The molecule has 1 heteroatoms. The molecule has 0 bridgehead atoms. The average Bonchev–Trinajstić information content (AvgIpc) is 2.60. The maximum Gasteiger partial charge on any atom is 0.0492 e. The van der Waals surface area contributed by atoms with Crippen LogP contribution in [0.1, 0.15) is 12.5 Å². The summed E-state index contributed by atoms with van der Waals surface area (Å²) in [5.41, 5.74) is 2.20. The van der Waals surface area contributed by atoms with Gasteiger partial charge in [0, 0.05) is 29.2 Å². The quantitative estimate of drug-likeness (QED) is 0.578. The summed E-state index contributed by atoms with van der Waals surface area (Å²) in [5.74, 6) is 2.69. The van der Waals surface area contributed by atoms with Gasteiger partial charge in [0.2, 0.25) is 0 Å². The van der Waals surface area contributed by atoms with Crippen LogP contribution >= 0.6 is 0 Å². The lowest BCUT2D eigenvalue weighted by Crippen LogP contribution is -1.90. The molecule has 0 atom stereocenters. The number of benzene rings is 1. The molecule has 0 saturated heterocycles. The molecule has 0 spiro atoms. The maximum absolute atomic E-state index is 5.41. The lowest BCUT2D eigenvalue weighted by Gasteiger charge is -2.00. The van der Waals surface area contributed by atoms with Crippen molar-refractivity contribution in [2.45, 2.75) is 13.5 Å². The summed E-state index contributed by atoms with van der Waals surface area (Å²) >= 11 is 0. The van der Waals surface area contributed by atoms with Gasteiger partial charge < -0.3 is 4.57 Å². The predicted molar refractivity (Wildman–Crippen MR) is 55.5 cm³/mol. The van der Waals surface area contributed by atoms with E-state index in [2.05, 4.69) is 35.7 Å². The van der Waals surface area contributed by atoms with Crippen LogP contribution < -0.4 is 0 Å². The van der Waals surface area contributed by atoms with Gasteiger partial charge in [-0.25, -0.2) is 0 Å². The Hall–Kier alpha value is -1.68. The Balaban J connectivity index is 2.81. The molecule has 64 valence electrons. The fourth-order valence-electron chi connectivity index (χ4n) is 1.63. The van der Waals surface area contributed by atoms with Crippen LogP contribution in [0.5, 0.6) is 0 Å². The van der Waals surface area contributed by atoms with Crippen molar-refractivity contribution in [3.63, 3.8) is 0 Å². The third-order valence-corrected chi connectivity index (χ3v) is 2.31. The standard InChI is InChI=1S/C12H11N/c1-3-10-6-5-7-12-11(10)8-9-13(12)4-2/h1,5-9H,4H2,2H3. The Morgan fingerprint density at radius 3 is 2.92 bits per heavy atom. The molecule has 2 rings (SSSR count). The number of terminal acetylenes is 1. The minimum atomic E-state index is 0.977. The van der Waals surface area contributed by atoms with Gasteiger partial charge in [-0.3, -0.25) is 0 Å². The molecule has 0 fully saturated rings.